The van der Waals surface area contributed by atoms with Crippen molar-refractivity contribution in [3.05, 3.63) is 57.6 Å². The molecule has 0 saturated heterocycles. The molecule has 134 valence electrons. The summed E-state index contributed by atoms with van der Waals surface area (Å²) in [6.07, 6.45) is 2.52. The molecule has 0 atom stereocenters. The average molecular weight is 395 g/mol. The maximum atomic E-state index is 12.3. The lowest BCUT2D eigenvalue weighted by Crippen LogP contribution is -2.20. The van der Waals surface area contributed by atoms with Crippen LogP contribution in [0.15, 0.2) is 30.7 Å². The summed E-state index contributed by atoms with van der Waals surface area (Å²) >= 11 is 12.0. The van der Waals surface area contributed by atoms with Crippen molar-refractivity contribution < 1.29 is 14.7 Å². The highest BCUT2D eigenvalue weighted by Crippen LogP contribution is 2.21. The number of anilines is 1. The minimum absolute atomic E-state index is 0.0256. The molecule has 0 spiro atoms. The number of rotatable bonds is 5. The molecule has 3 aromatic rings. The Hall–Kier alpha value is -2.91. The molecule has 0 fully saturated rings. The number of aryl methyl sites for hydroxylation is 1. The molecule has 0 aliphatic rings. The number of nitrogens with zero attached hydrogens (tertiary/aromatic N) is 5. The van der Waals surface area contributed by atoms with Gasteiger partial charge >= 0.3 is 5.97 Å². The highest BCUT2D eigenvalue weighted by atomic mass is 35.5. The van der Waals surface area contributed by atoms with E-state index in [-0.39, 0.29) is 17.2 Å². The lowest BCUT2D eigenvalue weighted by atomic mass is 10.2. The van der Waals surface area contributed by atoms with Gasteiger partial charge in [0, 0.05) is 17.1 Å². The average Bonchev–Trinajstić information content (AvgIpc) is 3.16. The van der Waals surface area contributed by atoms with E-state index in [1.807, 2.05) is 0 Å². The number of carboxylic acids is 1. The van der Waals surface area contributed by atoms with Crippen molar-refractivity contribution in [1.29, 1.82) is 0 Å². The number of carbonyl (C=O) groups excluding carboxylic acids is 1. The number of nitrogens with one attached hydrogen (secondary N) is 1. The van der Waals surface area contributed by atoms with Crippen LogP contribution in [0.5, 0.6) is 0 Å². The Morgan fingerprint density at radius 3 is 2.77 bits per heavy atom. The molecule has 2 aromatic heterocycles. The molecular weight excluding hydrogens is 383 g/mol. The smallest absolute Gasteiger partial charge is 0.339 e. The zero-order valence-corrected chi connectivity index (χ0v) is 14.9. The van der Waals surface area contributed by atoms with Gasteiger partial charge in [-0.3, -0.25) is 14.8 Å². The van der Waals surface area contributed by atoms with E-state index < -0.39 is 11.9 Å². The van der Waals surface area contributed by atoms with E-state index in [1.54, 1.807) is 18.2 Å². The fourth-order valence-electron chi connectivity index (χ4n) is 2.28. The number of aromatic carboxylic acids is 1. The summed E-state index contributed by atoms with van der Waals surface area (Å²) in [7, 11) is 1.47. The van der Waals surface area contributed by atoms with Crippen LogP contribution in [0.4, 0.5) is 5.95 Å². The van der Waals surface area contributed by atoms with Crippen LogP contribution >= 0.6 is 23.2 Å². The molecule has 26 heavy (non-hydrogen) atoms. The number of carboxylic acid groups (broad SMARTS) is 1. The summed E-state index contributed by atoms with van der Waals surface area (Å²) in [5.41, 5.74) is 0.464. The third-order valence-corrected chi connectivity index (χ3v) is 4.08. The Balaban J connectivity index is 1.75. The third kappa shape index (κ3) is 3.68. The Labute approximate surface area is 157 Å². The maximum Gasteiger partial charge on any atom is 0.339 e. The number of benzene rings is 1. The van der Waals surface area contributed by atoms with Crippen LogP contribution in [0.1, 0.15) is 26.4 Å². The van der Waals surface area contributed by atoms with Gasteiger partial charge in [-0.1, -0.05) is 29.3 Å². The molecule has 0 aliphatic heterocycles. The molecule has 0 radical (unpaired) electrons. The first-order valence-corrected chi connectivity index (χ1v) is 8.00. The first-order valence-electron chi connectivity index (χ1n) is 7.25. The summed E-state index contributed by atoms with van der Waals surface area (Å²) < 4.78 is 2.65. The summed E-state index contributed by atoms with van der Waals surface area (Å²) in [5.74, 6) is -1.90. The van der Waals surface area contributed by atoms with Gasteiger partial charge in [-0.2, -0.15) is 5.10 Å². The molecular formula is C15H12Cl2N6O3. The maximum absolute atomic E-state index is 12.3. The highest BCUT2D eigenvalue weighted by Gasteiger charge is 2.22. The van der Waals surface area contributed by atoms with E-state index in [9.17, 15) is 9.59 Å². The summed E-state index contributed by atoms with van der Waals surface area (Å²) in [6.45, 7) is 0.324. The summed E-state index contributed by atoms with van der Waals surface area (Å²) in [5, 5.41) is 20.5. The number of hydrogen-bond donors (Lipinski definition) is 2. The van der Waals surface area contributed by atoms with Gasteiger partial charge in [0.1, 0.15) is 17.6 Å². The first-order chi connectivity index (χ1) is 12.3. The Kier molecular flexibility index (Phi) is 4.92. The van der Waals surface area contributed by atoms with Crippen molar-refractivity contribution >= 4 is 41.0 Å². The van der Waals surface area contributed by atoms with E-state index in [0.717, 1.165) is 11.8 Å². The van der Waals surface area contributed by atoms with Crippen LogP contribution in [0.25, 0.3) is 0 Å². The molecule has 9 nitrogen and oxygen atoms in total. The number of halogens is 2. The van der Waals surface area contributed by atoms with Crippen molar-refractivity contribution in [3.63, 3.8) is 0 Å². The minimum atomic E-state index is -1.25. The molecule has 2 heterocycles. The van der Waals surface area contributed by atoms with Gasteiger partial charge in [0.25, 0.3) is 5.91 Å². The van der Waals surface area contributed by atoms with Crippen molar-refractivity contribution in [1.82, 2.24) is 24.5 Å². The standard InChI is InChI=1S/C15H12Cl2N6O3/c1-22-12(10(5-19-22)14(25)26)13(24)20-15-18-7-23(21-15)6-8-2-3-9(16)4-11(8)17/h2-5,7H,6H2,1H3,(H,25,26)(H,20,21,24). The number of amides is 1. The van der Waals surface area contributed by atoms with Gasteiger partial charge in [-0.25, -0.2) is 14.5 Å². The number of hydrogen-bond acceptors (Lipinski definition) is 5. The zero-order valence-electron chi connectivity index (χ0n) is 13.3. The quantitative estimate of drug-likeness (QED) is 0.685. The highest BCUT2D eigenvalue weighted by molar-refractivity contribution is 6.35. The van der Waals surface area contributed by atoms with Gasteiger partial charge in [-0.15, -0.1) is 5.10 Å². The molecule has 3 rings (SSSR count). The second-order valence-electron chi connectivity index (χ2n) is 5.29. The van der Waals surface area contributed by atoms with E-state index in [0.29, 0.717) is 16.6 Å². The van der Waals surface area contributed by atoms with Crippen molar-refractivity contribution in [2.45, 2.75) is 6.54 Å². The largest absolute Gasteiger partial charge is 0.478 e. The lowest BCUT2D eigenvalue weighted by molar-refractivity contribution is 0.0692. The SMILES string of the molecule is Cn1ncc(C(=O)O)c1C(=O)Nc1ncn(Cc2ccc(Cl)cc2Cl)n1. The van der Waals surface area contributed by atoms with Crippen LogP contribution in [0.2, 0.25) is 10.0 Å². The second-order valence-corrected chi connectivity index (χ2v) is 6.13. The minimum Gasteiger partial charge on any atom is -0.478 e. The van der Waals surface area contributed by atoms with E-state index in [2.05, 4.69) is 20.5 Å². The van der Waals surface area contributed by atoms with Crippen molar-refractivity contribution in [2.75, 3.05) is 5.32 Å². The van der Waals surface area contributed by atoms with Gasteiger partial charge in [0.2, 0.25) is 5.95 Å². The topological polar surface area (TPSA) is 115 Å². The molecule has 1 amide bonds. The normalized spacial score (nSPS) is 10.7. The predicted molar refractivity (Wildman–Crippen MR) is 93.7 cm³/mol. The fourth-order valence-corrected chi connectivity index (χ4v) is 2.74. The van der Waals surface area contributed by atoms with E-state index in [1.165, 1.54) is 22.7 Å². The van der Waals surface area contributed by atoms with E-state index in [4.69, 9.17) is 28.3 Å². The number of carbonyl (C=O) groups is 2. The van der Waals surface area contributed by atoms with Gasteiger partial charge < -0.3 is 5.11 Å². The molecule has 2 N–H and O–H groups in total. The van der Waals surface area contributed by atoms with Crippen molar-refractivity contribution in [2.24, 2.45) is 7.05 Å². The Morgan fingerprint density at radius 2 is 2.08 bits per heavy atom. The van der Waals surface area contributed by atoms with Crippen molar-refractivity contribution in [3.8, 4) is 0 Å². The van der Waals surface area contributed by atoms with Crippen LogP contribution in [0, 0.1) is 0 Å². The molecule has 0 unspecified atom stereocenters. The summed E-state index contributed by atoms with van der Waals surface area (Å²) in [6, 6.07) is 5.09. The zero-order chi connectivity index (χ0) is 18.8. The monoisotopic (exact) mass is 394 g/mol. The van der Waals surface area contributed by atoms with E-state index >= 15 is 0 Å². The molecule has 0 saturated carbocycles. The van der Waals surface area contributed by atoms with Crippen LogP contribution < -0.4 is 5.32 Å². The van der Waals surface area contributed by atoms with Gasteiger partial charge in [0.15, 0.2) is 0 Å². The van der Waals surface area contributed by atoms with Gasteiger partial charge in [0.05, 0.1) is 12.7 Å². The first kappa shape index (κ1) is 17.9. The Morgan fingerprint density at radius 1 is 1.31 bits per heavy atom. The van der Waals surface area contributed by atoms with Crippen LogP contribution in [0.3, 0.4) is 0 Å². The van der Waals surface area contributed by atoms with Crippen LogP contribution in [-0.4, -0.2) is 41.5 Å². The molecule has 11 heteroatoms. The molecule has 1 aromatic carbocycles. The fraction of sp³-hybridized carbons (Fsp3) is 0.133. The van der Waals surface area contributed by atoms with Gasteiger partial charge in [-0.05, 0) is 17.7 Å². The predicted octanol–water partition coefficient (Wildman–Crippen LogP) is 2.32. The third-order valence-electron chi connectivity index (χ3n) is 3.49. The Bertz CT molecular complexity index is 997. The molecule has 0 aliphatic carbocycles. The van der Waals surface area contributed by atoms with Crippen LogP contribution in [-0.2, 0) is 13.6 Å². The summed E-state index contributed by atoms with van der Waals surface area (Å²) in [4.78, 5) is 27.5. The second kappa shape index (κ2) is 7.14. The number of aromatic nitrogens is 5. The lowest BCUT2D eigenvalue weighted by Gasteiger charge is -2.05. The molecule has 0 bridgehead atoms.